The zero-order valence-electron chi connectivity index (χ0n) is 18.8. The Kier molecular flexibility index (Phi) is 6.95. The second-order valence-electron chi connectivity index (χ2n) is 8.71. The zero-order chi connectivity index (χ0) is 22.5. The van der Waals surface area contributed by atoms with Gasteiger partial charge in [0.25, 0.3) is 0 Å². The molecule has 7 nitrogen and oxygen atoms in total. The molecule has 0 atom stereocenters. The number of nitrogens with one attached hydrogen (secondary N) is 1. The van der Waals surface area contributed by atoms with Gasteiger partial charge in [0.05, 0.1) is 17.9 Å². The van der Waals surface area contributed by atoms with E-state index in [9.17, 15) is 4.79 Å². The van der Waals surface area contributed by atoms with Crippen molar-refractivity contribution in [3.8, 4) is 0 Å². The van der Waals surface area contributed by atoms with E-state index in [0.29, 0.717) is 18.5 Å². The van der Waals surface area contributed by atoms with E-state index in [1.807, 2.05) is 40.6 Å². The Balaban J connectivity index is 1.22. The van der Waals surface area contributed by atoms with Gasteiger partial charge < -0.3 is 10.2 Å². The summed E-state index contributed by atoms with van der Waals surface area (Å²) in [7, 11) is 0. The van der Waals surface area contributed by atoms with Gasteiger partial charge in [-0.15, -0.1) is 0 Å². The molecule has 1 aromatic carbocycles. The molecule has 0 saturated carbocycles. The van der Waals surface area contributed by atoms with Crippen LogP contribution in [0.4, 0.5) is 23.0 Å². The number of carbonyl (C=O) groups is 1. The number of hydrogen-bond donors (Lipinski definition) is 1. The maximum atomic E-state index is 12.8. The van der Waals surface area contributed by atoms with Gasteiger partial charge >= 0.3 is 0 Å². The van der Waals surface area contributed by atoms with Gasteiger partial charge in [0.1, 0.15) is 0 Å². The number of nitrogens with zero attached hydrogens (tertiary/aromatic N) is 5. The molecule has 3 aromatic rings. The van der Waals surface area contributed by atoms with Crippen molar-refractivity contribution in [2.75, 3.05) is 42.9 Å². The van der Waals surface area contributed by atoms with Crippen LogP contribution in [0.2, 0.25) is 0 Å². The lowest BCUT2D eigenvalue weighted by Crippen LogP contribution is -2.45. The number of benzene rings is 1. The summed E-state index contributed by atoms with van der Waals surface area (Å²) in [6.45, 7) is 4.92. The van der Waals surface area contributed by atoms with Crippen molar-refractivity contribution in [2.24, 2.45) is 0 Å². The Hall–Kier alpha value is -2.81. The Morgan fingerprint density at radius 3 is 2.55 bits per heavy atom. The van der Waals surface area contributed by atoms with Crippen LogP contribution in [0, 0.1) is 0 Å². The van der Waals surface area contributed by atoms with Crippen molar-refractivity contribution < 1.29 is 4.79 Å². The molecule has 0 unspecified atom stereocenters. The summed E-state index contributed by atoms with van der Waals surface area (Å²) in [5, 5.41) is 7.19. The third kappa shape index (κ3) is 5.40. The molecular weight excluding hydrogens is 432 g/mol. The number of rotatable bonds is 7. The van der Waals surface area contributed by atoms with Crippen molar-refractivity contribution in [3.05, 3.63) is 59.6 Å². The highest BCUT2D eigenvalue weighted by Gasteiger charge is 2.27. The van der Waals surface area contributed by atoms with Crippen LogP contribution < -0.4 is 10.2 Å². The van der Waals surface area contributed by atoms with E-state index in [1.54, 1.807) is 29.8 Å². The van der Waals surface area contributed by atoms with Gasteiger partial charge in [-0.2, -0.15) is 11.3 Å². The normalized spacial score (nSPS) is 17.8. The van der Waals surface area contributed by atoms with E-state index >= 15 is 0 Å². The summed E-state index contributed by atoms with van der Waals surface area (Å²) in [5.41, 5.74) is 2.68. The molecule has 8 heteroatoms. The third-order valence-electron chi connectivity index (χ3n) is 6.49. The van der Waals surface area contributed by atoms with Crippen molar-refractivity contribution in [1.29, 1.82) is 0 Å². The monoisotopic (exact) mass is 462 g/mol. The number of hydrogen-bond acceptors (Lipinski definition) is 7. The SMILES string of the molecule is O=C(CN1CCC(N2CCCC2)CC1)Nc1cccc(N(c2ccsc2)c2ncccn2)c1. The third-order valence-corrected chi connectivity index (χ3v) is 7.16. The van der Waals surface area contributed by atoms with E-state index in [1.165, 1.54) is 25.9 Å². The Morgan fingerprint density at radius 1 is 1.03 bits per heavy atom. The number of thiophene rings is 1. The van der Waals surface area contributed by atoms with Gasteiger partial charge in [-0.05, 0) is 74.5 Å². The second-order valence-corrected chi connectivity index (χ2v) is 9.49. The summed E-state index contributed by atoms with van der Waals surface area (Å²) < 4.78 is 0. The predicted octanol–water partition coefficient (Wildman–Crippen LogP) is 4.51. The highest BCUT2D eigenvalue weighted by molar-refractivity contribution is 7.08. The largest absolute Gasteiger partial charge is 0.325 e. The van der Waals surface area contributed by atoms with Crippen LogP contribution in [-0.2, 0) is 4.79 Å². The Labute approximate surface area is 199 Å². The summed E-state index contributed by atoms with van der Waals surface area (Å²) in [5.74, 6) is 0.630. The smallest absolute Gasteiger partial charge is 0.238 e. The molecule has 0 aliphatic carbocycles. The molecule has 0 bridgehead atoms. The van der Waals surface area contributed by atoms with Crippen LogP contribution in [0.3, 0.4) is 0 Å². The first kappa shape index (κ1) is 22.0. The van der Waals surface area contributed by atoms with Gasteiger partial charge in [0, 0.05) is 42.6 Å². The van der Waals surface area contributed by atoms with Gasteiger partial charge in [0.15, 0.2) is 0 Å². The lowest BCUT2D eigenvalue weighted by atomic mass is 10.0. The lowest BCUT2D eigenvalue weighted by molar-refractivity contribution is -0.117. The van der Waals surface area contributed by atoms with Crippen LogP contribution in [0.25, 0.3) is 0 Å². The highest BCUT2D eigenvalue weighted by atomic mass is 32.1. The molecule has 172 valence electrons. The van der Waals surface area contributed by atoms with E-state index in [-0.39, 0.29) is 5.91 Å². The predicted molar refractivity (Wildman–Crippen MR) is 133 cm³/mol. The van der Waals surface area contributed by atoms with E-state index < -0.39 is 0 Å². The number of aromatic nitrogens is 2. The minimum absolute atomic E-state index is 0.0322. The number of amides is 1. The summed E-state index contributed by atoms with van der Waals surface area (Å²) in [6.07, 6.45) is 8.47. The molecule has 0 radical (unpaired) electrons. The zero-order valence-corrected chi connectivity index (χ0v) is 19.6. The Morgan fingerprint density at radius 2 is 1.82 bits per heavy atom. The number of piperidine rings is 1. The van der Waals surface area contributed by atoms with Crippen LogP contribution in [0.15, 0.2) is 59.6 Å². The van der Waals surface area contributed by atoms with E-state index in [0.717, 1.165) is 43.0 Å². The van der Waals surface area contributed by atoms with Gasteiger partial charge in [0.2, 0.25) is 11.9 Å². The molecule has 5 rings (SSSR count). The van der Waals surface area contributed by atoms with Gasteiger partial charge in [-0.3, -0.25) is 14.6 Å². The molecule has 2 fully saturated rings. The fraction of sp³-hybridized carbons (Fsp3) is 0.400. The summed E-state index contributed by atoms with van der Waals surface area (Å²) >= 11 is 1.62. The first-order valence-corrected chi connectivity index (χ1v) is 12.7. The van der Waals surface area contributed by atoms with Crippen LogP contribution in [-0.4, -0.2) is 64.4 Å². The molecule has 1 N–H and O–H groups in total. The fourth-order valence-corrected chi connectivity index (χ4v) is 5.47. The van der Waals surface area contributed by atoms with Crippen molar-refractivity contribution in [2.45, 2.75) is 31.7 Å². The molecule has 2 aliphatic rings. The minimum atomic E-state index is 0.0322. The van der Waals surface area contributed by atoms with E-state index in [2.05, 4.69) is 30.5 Å². The first-order valence-electron chi connectivity index (χ1n) is 11.7. The molecular formula is C25H30N6OS. The van der Waals surface area contributed by atoms with Crippen molar-refractivity contribution >= 4 is 40.3 Å². The molecule has 2 saturated heterocycles. The highest BCUT2D eigenvalue weighted by Crippen LogP contribution is 2.34. The van der Waals surface area contributed by atoms with Gasteiger partial charge in [-0.1, -0.05) is 6.07 Å². The van der Waals surface area contributed by atoms with Crippen LogP contribution >= 0.6 is 11.3 Å². The lowest BCUT2D eigenvalue weighted by Gasteiger charge is -2.36. The summed E-state index contributed by atoms with van der Waals surface area (Å²) in [6, 6.07) is 12.4. The number of anilines is 4. The quantitative estimate of drug-likeness (QED) is 0.558. The van der Waals surface area contributed by atoms with Gasteiger partial charge in [-0.25, -0.2) is 9.97 Å². The standard InChI is InChI=1S/C25H30N6OS/c32-24(18-29-14-7-21(8-15-29)30-12-1-2-13-30)28-20-5-3-6-22(17-20)31(23-9-16-33-19-23)25-26-10-4-11-27-25/h3-6,9-11,16-17,19,21H,1-2,7-8,12-15,18H2,(H,28,32). The molecule has 2 aromatic heterocycles. The Bertz CT molecular complexity index is 1030. The second kappa shape index (κ2) is 10.4. The summed E-state index contributed by atoms with van der Waals surface area (Å²) in [4.78, 5) is 28.6. The number of carbonyl (C=O) groups excluding carboxylic acids is 1. The average molecular weight is 463 g/mol. The number of likely N-dealkylation sites (tertiary alicyclic amines) is 2. The average Bonchev–Trinajstić information content (AvgIpc) is 3.56. The molecule has 2 aliphatic heterocycles. The van der Waals surface area contributed by atoms with Crippen LogP contribution in [0.1, 0.15) is 25.7 Å². The fourth-order valence-electron chi connectivity index (χ4n) is 4.85. The molecule has 0 spiro atoms. The molecule has 1 amide bonds. The topological polar surface area (TPSA) is 64.6 Å². The molecule has 33 heavy (non-hydrogen) atoms. The maximum absolute atomic E-state index is 12.8. The molecule has 4 heterocycles. The van der Waals surface area contributed by atoms with Crippen molar-refractivity contribution in [3.63, 3.8) is 0 Å². The minimum Gasteiger partial charge on any atom is -0.325 e. The van der Waals surface area contributed by atoms with E-state index in [4.69, 9.17) is 0 Å². The van der Waals surface area contributed by atoms with Crippen molar-refractivity contribution in [1.82, 2.24) is 19.8 Å². The van der Waals surface area contributed by atoms with Crippen LogP contribution in [0.5, 0.6) is 0 Å². The first-order chi connectivity index (χ1) is 16.3. The maximum Gasteiger partial charge on any atom is 0.238 e.